The molecule has 306 valence electrons. The zero-order valence-corrected chi connectivity index (χ0v) is 34.1. The monoisotopic (exact) mass is 796 g/mol. The van der Waals surface area contributed by atoms with Crippen LogP contribution in [0.15, 0.2) is 116 Å². The van der Waals surface area contributed by atoms with Crippen molar-refractivity contribution in [1.82, 2.24) is 39.5 Å². The van der Waals surface area contributed by atoms with Crippen molar-refractivity contribution in [3.63, 3.8) is 0 Å². The highest BCUT2D eigenvalue weighted by Crippen LogP contribution is 2.35. The number of rotatable bonds is 13. The number of carbonyl (C=O) groups is 4. The number of urea groups is 1. The number of nitrogens with zero attached hydrogens (tertiary/aromatic N) is 7. The van der Waals surface area contributed by atoms with E-state index in [2.05, 4.69) is 28.7 Å². The van der Waals surface area contributed by atoms with Crippen LogP contribution in [-0.2, 0) is 36.1 Å². The van der Waals surface area contributed by atoms with E-state index in [1.54, 1.807) is 55.1 Å². The predicted molar refractivity (Wildman–Crippen MR) is 228 cm³/mol. The number of hydrazine groups is 1. The molecule has 0 radical (unpaired) electrons. The van der Waals surface area contributed by atoms with E-state index in [0.29, 0.717) is 12.1 Å². The molecule has 5 amide bonds. The summed E-state index contributed by atoms with van der Waals surface area (Å²) in [4.78, 5) is 63.3. The van der Waals surface area contributed by atoms with Crippen LogP contribution in [-0.4, -0.2) is 129 Å². The highest BCUT2D eigenvalue weighted by atomic mass is 16.3. The second kappa shape index (κ2) is 17.6. The zero-order valence-electron chi connectivity index (χ0n) is 34.1. The SMILES string of the molecule is C=CCN1CC(=O)N2[C@@H](Cc3ccc(O)cc3)C(=O)N(Cc3cccc4c(-c5ccc(C(=O)N(C)CCN(C)C)cc5)cn(C)c34)C[C@@H]2N1C(=O)NCc1ccccc1. The average molecular weight is 797 g/mol. The number of aromatic nitrogens is 1. The molecule has 0 spiro atoms. The Morgan fingerprint density at radius 2 is 1.63 bits per heavy atom. The van der Waals surface area contributed by atoms with Crippen LogP contribution in [0.4, 0.5) is 4.79 Å². The summed E-state index contributed by atoms with van der Waals surface area (Å²) in [7, 11) is 7.76. The number of phenolic OH excluding ortho intramolecular Hbond substituents is 1. The Morgan fingerprint density at radius 3 is 2.32 bits per heavy atom. The van der Waals surface area contributed by atoms with Crippen LogP contribution in [0.3, 0.4) is 0 Å². The van der Waals surface area contributed by atoms with E-state index in [1.165, 1.54) is 0 Å². The summed E-state index contributed by atoms with van der Waals surface area (Å²) in [5, 5.41) is 17.3. The minimum atomic E-state index is -0.910. The van der Waals surface area contributed by atoms with Crippen LogP contribution < -0.4 is 5.32 Å². The minimum Gasteiger partial charge on any atom is -0.508 e. The van der Waals surface area contributed by atoms with Crippen LogP contribution in [0.2, 0.25) is 0 Å². The number of fused-ring (bicyclic) bond motifs is 2. The van der Waals surface area contributed by atoms with Crippen molar-refractivity contribution in [3.05, 3.63) is 138 Å². The number of phenols is 1. The normalized spacial score (nSPS) is 17.1. The lowest BCUT2D eigenvalue weighted by molar-refractivity contribution is -0.189. The lowest BCUT2D eigenvalue weighted by Crippen LogP contribution is -2.76. The Morgan fingerprint density at radius 1 is 0.898 bits per heavy atom. The highest BCUT2D eigenvalue weighted by Gasteiger charge is 2.51. The molecule has 0 saturated carbocycles. The van der Waals surface area contributed by atoms with Crippen molar-refractivity contribution < 1.29 is 24.3 Å². The number of aryl methyl sites for hydroxylation is 1. The number of hydrogen-bond donors (Lipinski definition) is 2. The Balaban J connectivity index is 1.21. The van der Waals surface area contributed by atoms with E-state index in [0.717, 1.165) is 45.3 Å². The average Bonchev–Trinajstić information content (AvgIpc) is 3.58. The topological polar surface area (TPSA) is 125 Å². The number of benzene rings is 4. The molecule has 2 aliphatic rings. The molecule has 13 heteroatoms. The first kappa shape index (κ1) is 40.7. The molecule has 4 aromatic carbocycles. The van der Waals surface area contributed by atoms with Crippen LogP contribution in [0.25, 0.3) is 22.0 Å². The molecule has 1 aromatic heterocycles. The van der Waals surface area contributed by atoms with Gasteiger partial charge in [-0.15, -0.1) is 6.58 Å². The Labute approximate surface area is 345 Å². The van der Waals surface area contributed by atoms with Gasteiger partial charge in [0.05, 0.1) is 18.6 Å². The minimum absolute atomic E-state index is 0.0355. The maximum atomic E-state index is 14.7. The fourth-order valence-electron chi connectivity index (χ4n) is 8.13. The van der Waals surface area contributed by atoms with Gasteiger partial charge in [-0.1, -0.05) is 78.9 Å². The fraction of sp³-hybridized carbons (Fsp3) is 0.304. The zero-order chi connectivity index (χ0) is 41.8. The quantitative estimate of drug-likeness (QED) is 0.162. The summed E-state index contributed by atoms with van der Waals surface area (Å²) >= 11 is 0. The molecule has 13 nitrogen and oxygen atoms in total. The molecular formula is C46H52N8O5. The van der Waals surface area contributed by atoms with E-state index in [1.807, 2.05) is 99.8 Å². The molecule has 59 heavy (non-hydrogen) atoms. The maximum Gasteiger partial charge on any atom is 0.334 e. The van der Waals surface area contributed by atoms with Gasteiger partial charge in [-0.3, -0.25) is 14.4 Å². The summed E-state index contributed by atoms with van der Waals surface area (Å²) in [5.41, 5.74) is 6.11. The lowest BCUT2D eigenvalue weighted by atomic mass is 9.97. The van der Waals surface area contributed by atoms with Gasteiger partial charge in [0.1, 0.15) is 18.0 Å². The third-order valence-electron chi connectivity index (χ3n) is 11.1. The molecule has 5 aromatic rings. The second-order valence-corrected chi connectivity index (χ2v) is 15.6. The number of para-hydroxylation sites is 1. The summed E-state index contributed by atoms with van der Waals surface area (Å²) in [6.45, 7) is 6.02. The second-order valence-electron chi connectivity index (χ2n) is 15.6. The number of aromatic hydroxyl groups is 1. The number of nitrogens with one attached hydrogen (secondary N) is 1. The van der Waals surface area contributed by atoms with E-state index >= 15 is 0 Å². The molecule has 0 aliphatic carbocycles. The summed E-state index contributed by atoms with van der Waals surface area (Å²) in [5.74, 6) is -0.428. The maximum absolute atomic E-state index is 14.7. The van der Waals surface area contributed by atoms with E-state index in [4.69, 9.17) is 0 Å². The van der Waals surface area contributed by atoms with Gasteiger partial charge in [0, 0.05) is 75.9 Å². The number of likely N-dealkylation sites (N-methyl/N-ethyl adjacent to an activating group) is 2. The van der Waals surface area contributed by atoms with E-state index in [-0.39, 0.29) is 62.6 Å². The van der Waals surface area contributed by atoms with Gasteiger partial charge < -0.3 is 34.6 Å². The van der Waals surface area contributed by atoms with Gasteiger partial charge >= 0.3 is 6.03 Å². The van der Waals surface area contributed by atoms with Gasteiger partial charge in [0.25, 0.3) is 5.91 Å². The number of amides is 5. The summed E-state index contributed by atoms with van der Waals surface area (Å²) in [6, 6.07) is 28.6. The number of piperazine rings is 1. The van der Waals surface area contributed by atoms with Gasteiger partial charge in [-0.2, -0.15) is 0 Å². The molecule has 2 fully saturated rings. The molecule has 2 aliphatic heterocycles. The Kier molecular flexibility index (Phi) is 12.1. The Bertz CT molecular complexity index is 2330. The summed E-state index contributed by atoms with van der Waals surface area (Å²) in [6.07, 6.45) is 3.11. The van der Waals surface area contributed by atoms with Crippen LogP contribution in [0, 0.1) is 0 Å². The van der Waals surface area contributed by atoms with E-state index < -0.39 is 18.2 Å². The third-order valence-corrected chi connectivity index (χ3v) is 11.1. The third kappa shape index (κ3) is 8.71. The molecule has 2 N–H and O–H groups in total. The molecule has 2 atom stereocenters. The van der Waals surface area contributed by atoms with Crippen molar-refractivity contribution in [2.75, 3.05) is 53.9 Å². The largest absolute Gasteiger partial charge is 0.508 e. The van der Waals surface area contributed by atoms with Gasteiger partial charge in [-0.25, -0.2) is 14.8 Å². The molecule has 3 heterocycles. The van der Waals surface area contributed by atoms with Crippen LogP contribution >= 0.6 is 0 Å². The fourth-order valence-corrected chi connectivity index (χ4v) is 8.13. The van der Waals surface area contributed by atoms with Crippen molar-refractivity contribution in [2.24, 2.45) is 7.05 Å². The van der Waals surface area contributed by atoms with E-state index in [9.17, 15) is 24.3 Å². The Hall–Kier alpha value is -6.44. The van der Waals surface area contributed by atoms with Crippen LogP contribution in [0.1, 0.15) is 27.0 Å². The van der Waals surface area contributed by atoms with Gasteiger partial charge in [0.2, 0.25) is 11.8 Å². The summed E-state index contributed by atoms with van der Waals surface area (Å²) < 4.78 is 2.06. The first-order valence-electron chi connectivity index (χ1n) is 19.9. The molecule has 0 unspecified atom stereocenters. The smallest absolute Gasteiger partial charge is 0.334 e. The molecule has 7 rings (SSSR count). The van der Waals surface area contributed by atoms with Gasteiger partial charge in [-0.05, 0) is 60.6 Å². The predicted octanol–water partition coefficient (Wildman–Crippen LogP) is 4.92. The lowest BCUT2D eigenvalue weighted by Gasteiger charge is -2.55. The first-order chi connectivity index (χ1) is 28.4. The highest BCUT2D eigenvalue weighted by molar-refractivity contribution is 5.99. The number of carbonyl (C=O) groups excluding carboxylic acids is 4. The van der Waals surface area contributed by atoms with Crippen molar-refractivity contribution in [1.29, 1.82) is 0 Å². The van der Waals surface area contributed by atoms with Gasteiger partial charge in [0.15, 0.2) is 0 Å². The van der Waals surface area contributed by atoms with Crippen molar-refractivity contribution in [3.8, 4) is 16.9 Å². The van der Waals surface area contributed by atoms with Crippen LogP contribution in [0.5, 0.6) is 5.75 Å². The number of hydrogen-bond acceptors (Lipinski definition) is 7. The molecule has 2 saturated heterocycles. The van der Waals surface area contributed by atoms with Crippen molar-refractivity contribution >= 4 is 34.7 Å². The standard InChI is InChI=1S/C46H52N8O5/c1-6-23-52-31-42(56)53-40(26-32-15-21-37(55)22-16-32)45(58)51(30-41(53)54(52)46(59)47-27-33-11-8-7-9-12-33)28-36-13-10-14-38-39(29-50(5)43(36)38)34-17-19-35(20-18-34)44(57)49(4)25-24-48(2)3/h6-22,29,40-41,55H,1,23-28,30-31H2,2-5H3,(H,47,59)/t40-,41-/m0/s1. The molecular weight excluding hydrogens is 745 g/mol. The molecule has 0 bridgehead atoms. The first-order valence-corrected chi connectivity index (χ1v) is 19.9. The van der Waals surface area contributed by atoms with Crippen molar-refractivity contribution in [2.45, 2.75) is 31.7 Å².